The van der Waals surface area contributed by atoms with Crippen LogP contribution in [0.15, 0.2) is 11.4 Å². The maximum absolute atomic E-state index is 6.43. The van der Waals surface area contributed by atoms with Crippen molar-refractivity contribution in [1.29, 1.82) is 0 Å². The minimum absolute atomic E-state index is 0.617. The molecule has 0 fully saturated rings. The molecule has 0 spiro atoms. The summed E-state index contributed by atoms with van der Waals surface area (Å²) < 4.78 is 1.83. The molecule has 3 aromatic rings. The van der Waals surface area contributed by atoms with Crippen molar-refractivity contribution >= 4 is 45.2 Å². The molecule has 25 heavy (non-hydrogen) atoms. The van der Waals surface area contributed by atoms with Crippen LogP contribution in [0.5, 0.6) is 0 Å². The zero-order valence-corrected chi connectivity index (χ0v) is 16.4. The zero-order valence-electron chi connectivity index (χ0n) is 14.8. The number of nitrogens with zero attached hydrogens (tertiary/aromatic N) is 5. The van der Waals surface area contributed by atoms with Crippen molar-refractivity contribution in [3.63, 3.8) is 0 Å². The number of rotatable bonds is 6. The van der Waals surface area contributed by atoms with Gasteiger partial charge in [-0.05, 0) is 32.8 Å². The van der Waals surface area contributed by atoms with Gasteiger partial charge in [-0.25, -0.2) is 9.97 Å². The van der Waals surface area contributed by atoms with E-state index in [1.807, 2.05) is 11.6 Å². The van der Waals surface area contributed by atoms with Crippen molar-refractivity contribution in [2.24, 2.45) is 5.10 Å². The Morgan fingerprint density at radius 1 is 1.32 bits per heavy atom. The van der Waals surface area contributed by atoms with Crippen LogP contribution < -0.4 is 5.43 Å². The summed E-state index contributed by atoms with van der Waals surface area (Å²) in [4.78, 5) is 10.8. The lowest BCUT2D eigenvalue weighted by atomic mass is 10.2. The summed E-state index contributed by atoms with van der Waals surface area (Å²) in [5.74, 6) is 0.704. The summed E-state index contributed by atoms with van der Waals surface area (Å²) in [5.41, 5.74) is 5.90. The molecule has 132 valence electrons. The number of unbranched alkanes of at least 4 members (excludes halogenated alkanes) is 1. The van der Waals surface area contributed by atoms with Crippen LogP contribution in [0.3, 0.4) is 0 Å². The summed E-state index contributed by atoms with van der Waals surface area (Å²) in [6, 6.07) is 0. The molecular formula is C17H21ClN6S. The molecule has 8 heteroatoms. The van der Waals surface area contributed by atoms with Gasteiger partial charge in [0.25, 0.3) is 0 Å². The Morgan fingerprint density at radius 2 is 2.12 bits per heavy atom. The third kappa shape index (κ3) is 3.52. The van der Waals surface area contributed by atoms with Gasteiger partial charge in [-0.2, -0.15) is 10.2 Å². The van der Waals surface area contributed by atoms with Crippen LogP contribution in [0, 0.1) is 20.8 Å². The predicted octanol–water partition coefficient (Wildman–Crippen LogP) is 4.71. The van der Waals surface area contributed by atoms with Crippen LogP contribution in [0.2, 0.25) is 5.15 Å². The first-order valence-corrected chi connectivity index (χ1v) is 9.45. The highest BCUT2D eigenvalue weighted by atomic mass is 35.5. The molecule has 3 rings (SSSR count). The Bertz CT molecular complexity index is 927. The van der Waals surface area contributed by atoms with Gasteiger partial charge in [-0.1, -0.05) is 24.9 Å². The molecule has 0 unspecified atom stereocenters. The largest absolute Gasteiger partial charge is 0.261 e. The van der Waals surface area contributed by atoms with Gasteiger partial charge in [0.05, 0.1) is 22.9 Å². The monoisotopic (exact) mass is 376 g/mol. The maximum Gasteiger partial charge on any atom is 0.158 e. The van der Waals surface area contributed by atoms with E-state index >= 15 is 0 Å². The van der Waals surface area contributed by atoms with E-state index in [2.05, 4.69) is 46.4 Å². The number of aryl methyl sites for hydroxylation is 4. The van der Waals surface area contributed by atoms with Crippen molar-refractivity contribution in [3.05, 3.63) is 33.2 Å². The lowest BCUT2D eigenvalue weighted by Gasteiger charge is -2.02. The number of fused-ring (bicyclic) bond motifs is 1. The fourth-order valence-corrected chi connectivity index (χ4v) is 3.90. The Morgan fingerprint density at radius 3 is 2.88 bits per heavy atom. The van der Waals surface area contributed by atoms with E-state index in [-0.39, 0.29) is 0 Å². The minimum atomic E-state index is 0.617. The van der Waals surface area contributed by atoms with Crippen molar-refractivity contribution in [3.8, 4) is 0 Å². The van der Waals surface area contributed by atoms with E-state index in [1.54, 1.807) is 23.9 Å². The zero-order chi connectivity index (χ0) is 18.0. The summed E-state index contributed by atoms with van der Waals surface area (Å²) in [7, 11) is 0. The van der Waals surface area contributed by atoms with E-state index in [9.17, 15) is 0 Å². The van der Waals surface area contributed by atoms with E-state index in [0.29, 0.717) is 11.0 Å². The number of thiophene rings is 1. The summed E-state index contributed by atoms with van der Waals surface area (Å²) >= 11 is 8.09. The smallest absolute Gasteiger partial charge is 0.158 e. The average Bonchev–Trinajstić information content (AvgIpc) is 3.03. The number of nitrogens with one attached hydrogen (secondary N) is 1. The molecule has 0 bridgehead atoms. The molecule has 0 saturated carbocycles. The van der Waals surface area contributed by atoms with Gasteiger partial charge in [0.2, 0.25) is 0 Å². The molecule has 0 aliphatic rings. The van der Waals surface area contributed by atoms with E-state index in [4.69, 9.17) is 11.6 Å². The van der Waals surface area contributed by atoms with Crippen LogP contribution in [0.25, 0.3) is 10.2 Å². The molecule has 0 saturated heterocycles. The van der Waals surface area contributed by atoms with Gasteiger partial charge in [0.1, 0.15) is 16.3 Å². The van der Waals surface area contributed by atoms with Crippen LogP contribution in [-0.4, -0.2) is 26.0 Å². The minimum Gasteiger partial charge on any atom is -0.261 e. The number of hydrazone groups is 1. The van der Waals surface area contributed by atoms with E-state index in [1.165, 1.54) is 10.4 Å². The van der Waals surface area contributed by atoms with Gasteiger partial charge >= 0.3 is 0 Å². The molecule has 0 amide bonds. The molecule has 0 aliphatic carbocycles. The number of halogens is 1. The van der Waals surface area contributed by atoms with Gasteiger partial charge in [-0.3, -0.25) is 10.1 Å². The quantitative estimate of drug-likeness (QED) is 0.499. The molecule has 1 N–H and O–H groups in total. The summed E-state index contributed by atoms with van der Waals surface area (Å²) in [5, 5.41) is 10.4. The average molecular weight is 377 g/mol. The standard InChI is InChI=1S/C17H21ClN6S/c1-5-6-7-24-15(18)13(11(3)23-24)8-21-22-16-14-10(2)12(4)25-17(14)20-9-19-16/h8-9H,5-7H2,1-4H3,(H,19,20,22)/b21-8-. The topological polar surface area (TPSA) is 68.0 Å². The Labute approximate surface area is 155 Å². The third-order valence-electron chi connectivity index (χ3n) is 4.16. The second kappa shape index (κ2) is 7.49. The number of anilines is 1. The highest BCUT2D eigenvalue weighted by molar-refractivity contribution is 7.18. The molecule has 3 aromatic heterocycles. The van der Waals surface area contributed by atoms with Gasteiger partial charge < -0.3 is 0 Å². The first kappa shape index (κ1) is 17.8. The summed E-state index contributed by atoms with van der Waals surface area (Å²) in [6.07, 6.45) is 5.40. The van der Waals surface area contributed by atoms with Crippen LogP contribution in [0.1, 0.15) is 41.5 Å². The molecule has 6 nitrogen and oxygen atoms in total. The van der Waals surface area contributed by atoms with Gasteiger partial charge in [0.15, 0.2) is 5.82 Å². The van der Waals surface area contributed by atoms with Crippen molar-refractivity contribution in [2.75, 3.05) is 5.43 Å². The lowest BCUT2D eigenvalue weighted by molar-refractivity contribution is 0.569. The normalized spacial score (nSPS) is 11.7. The number of aromatic nitrogens is 4. The molecule has 0 aromatic carbocycles. The molecule has 0 radical (unpaired) electrons. The van der Waals surface area contributed by atoms with Crippen LogP contribution in [0.4, 0.5) is 5.82 Å². The molecular weight excluding hydrogens is 356 g/mol. The lowest BCUT2D eigenvalue weighted by Crippen LogP contribution is -2.00. The van der Waals surface area contributed by atoms with Crippen LogP contribution >= 0.6 is 22.9 Å². The number of hydrogen-bond donors (Lipinski definition) is 1. The van der Waals surface area contributed by atoms with Crippen molar-refractivity contribution in [1.82, 2.24) is 19.7 Å². The molecule has 3 heterocycles. The third-order valence-corrected chi connectivity index (χ3v) is 5.68. The first-order chi connectivity index (χ1) is 12.0. The molecule has 0 atom stereocenters. The van der Waals surface area contributed by atoms with Crippen molar-refractivity contribution in [2.45, 2.75) is 47.1 Å². The van der Waals surface area contributed by atoms with E-state index < -0.39 is 0 Å². The highest BCUT2D eigenvalue weighted by Crippen LogP contribution is 2.32. The SMILES string of the molecule is CCCCn1nc(C)c(/C=N\Nc2ncnc3sc(C)c(C)c23)c1Cl. The Kier molecular flexibility index (Phi) is 5.34. The Balaban J connectivity index is 1.84. The van der Waals surface area contributed by atoms with Gasteiger partial charge in [0, 0.05) is 11.4 Å². The van der Waals surface area contributed by atoms with E-state index in [0.717, 1.165) is 40.9 Å². The highest BCUT2D eigenvalue weighted by Gasteiger charge is 2.13. The van der Waals surface area contributed by atoms with Crippen molar-refractivity contribution < 1.29 is 0 Å². The Hall–Kier alpha value is -1.99. The second-order valence-corrected chi connectivity index (χ2v) is 7.48. The first-order valence-electron chi connectivity index (χ1n) is 8.25. The fourth-order valence-electron chi connectivity index (χ4n) is 2.60. The maximum atomic E-state index is 6.43. The fraction of sp³-hybridized carbons (Fsp3) is 0.412. The summed E-state index contributed by atoms with van der Waals surface area (Å²) in [6.45, 7) is 9.06. The predicted molar refractivity (Wildman–Crippen MR) is 105 cm³/mol. The second-order valence-electron chi connectivity index (χ2n) is 5.92. The molecule has 0 aliphatic heterocycles. The van der Waals surface area contributed by atoms with Crippen LogP contribution in [-0.2, 0) is 6.54 Å². The van der Waals surface area contributed by atoms with Gasteiger partial charge in [-0.15, -0.1) is 11.3 Å². The number of hydrogen-bond acceptors (Lipinski definition) is 6.